The minimum Gasteiger partial charge on any atom is -0.455 e. The number of para-hydroxylation sites is 2. The Labute approximate surface area is 141 Å². The molecule has 0 saturated heterocycles. The van der Waals surface area contributed by atoms with Gasteiger partial charge in [0.05, 0.1) is 11.3 Å². The average Bonchev–Trinajstić information content (AvgIpc) is 2.59. The number of aromatic nitrogens is 1. The van der Waals surface area contributed by atoms with Gasteiger partial charge in [0, 0.05) is 11.9 Å². The van der Waals surface area contributed by atoms with Crippen LogP contribution in [0.3, 0.4) is 0 Å². The highest BCUT2D eigenvalue weighted by Crippen LogP contribution is 2.29. The molecule has 2 aromatic carbocycles. The number of nitrogens with zero attached hydrogens (tertiary/aromatic N) is 1. The minimum absolute atomic E-state index is 0.220. The highest BCUT2D eigenvalue weighted by molar-refractivity contribution is 6.04. The third-order valence-corrected chi connectivity index (χ3v) is 3.56. The van der Waals surface area contributed by atoms with Crippen LogP contribution in [0.2, 0.25) is 0 Å². The van der Waals surface area contributed by atoms with Crippen molar-refractivity contribution in [3.8, 4) is 11.5 Å². The quantitative estimate of drug-likeness (QED) is 0.755. The molecule has 3 aromatic rings. The van der Waals surface area contributed by atoms with E-state index < -0.39 is 0 Å². The van der Waals surface area contributed by atoms with E-state index in [1.165, 1.54) is 0 Å². The number of carbonyl (C=O) groups is 1. The van der Waals surface area contributed by atoms with Crippen molar-refractivity contribution in [2.45, 2.75) is 13.8 Å². The van der Waals surface area contributed by atoms with Crippen molar-refractivity contribution in [1.82, 2.24) is 4.98 Å². The second-order valence-corrected chi connectivity index (χ2v) is 5.55. The zero-order chi connectivity index (χ0) is 16.9. The number of aryl methyl sites for hydroxylation is 2. The van der Waals surface area contributed by atoms with Crippen LogP contribution >= 0.6 is 0 Å². The normalized spacial score (nSPS) is 10.2. The highest BCUT2D eigenvalue weighted by Gasteiger charge is 2.10. The Balaban J connectivity index is 1.79. The Hall–Kier alpha value is -3.14. The van der Waals surface area contributed by atoms with Crippen LogP contribution in [0.4, 0.5) is 5.69 Å². The van der Waals surface area contributed by atoms with Crippen LogP contribution in [-0.4, -0.2) is 10.9 Å². The lowest BCUT2D eigenvalue weighted by atomic mass is 10.2. The van der Waals surface area contributed by atoms with Crippen LogP contribution in [0.15, 0.2) is 66.9 Å². The first-order valence-corrected chi connectivity index (χ1v) is 7.69. The standard InChI is InChI=1S/C20H18N2O2/c1-14-7-11-17(12-8-14)24-19-6-4-3-5-18(19)22-20(23)16-10-9-15(2)21-13-16/h3-13H,1-2H3,(H,22,23). The first kappa shape index (κ1) is 15.7. The van der Waals surface area contributed by atoms with Crippen molar-refractivity contribution in [1.29, 1.82) is 0 Å². The zero-order valence-electron chi connectivity index (χ0n) is 13.6. The minimum atomic E-state index is -0.220. The van der Waals surface area contributed by atoms with E-state index in [-0.39, 0.29) is 5.91 Å². The van der Waals surface area contributed by atoms with Gasteiger partial charge in [0.2, 0.25) is 0 Å². The van der Waals surface area contributed by atoms with Gasteiger partial charge in [-0.25, -0.2) is 0 Å². The molecule has 0 spiro atoms. The summed E-state index contributed by atoms with van der Waals surface area (Å²) in [5.41, 5.74) is 3.15. The Morgan fingerprint density at radius 1 is 0.958 bits per heavy atom. The monoisotopic (exact) mass is 318 g/mol. The summed E-state index contributed by atoms with van der Waals surface area (Å²) in [5.74, 6) is 1.09. The molecule has 0 radical (unpaired) electrons. The smallest absolute Gasteiger partial charge is 0.257 e. The van der Waals surface area contributed by atoms with Crippen LogP contribution in [0.1, 0.15) is 21.6 Å². The van der Waals surface area contributed by atoms with E-state index >= 15 is 0 Å². The lowest BCUT2D eigenvalue weighted by Gasteiger charge is -2.12. The molecule has 1 aromatic heterocycles. The van der Waals surface area contributed by atoms with Gasteiger partial charge in [-0.1, -0.05) is 29.8 Å². The van der Waals surface area contributed by atoms with E-state index in [1.807, 2.05) is 68.4 Å². The molecular formula is C20H18N2O2. The highest BCUT2D eigenvalue weighted by atomic mass is 16.5. The molecule has 1 amide bonds. The van der Waals surface area contributed by atoms with Crippen LogP contribution in [-0.2, 0) is 0 Å². The summed E-state index contributed by atoms with van der Waals surface area (Å²) in [6, 6.07) is 18.7. The molecule has 4 nitrogen and oxygen atoms in total. The summed E-state index contributed by atoms with van der Waals surface area (Å²) in [6.45, 7) is 3.90. The molecule has 120 valence electrons. The molecule has 1 heterocycles. The van der Waals surface area contributed by atoms with Crippen LogP contribution in [0.5, 0.6) is 11.5 Å². The Morgan fingerprint density at radius 2 is 1.71 bits per heavy atom. The number of amides is 1. The number of nitrogens with one attached hydrogen (secondary N) is 1. The average molecular weight is 318 g/mol. The third kappa shape index (κ3) is 3.79. The number of benzene rings is 2. The SMILES string of the molecule is Cc1ccc(Oc2ccccc2NC(=O)c2ccc(C)nc2)cc1. The van der Waals surface area contributed by atoms with Gasteiger partial charge >= 0.3 is 0 Å². The Bertz CT molecular complexity index is 840. The van der Waals surface area contributed by atoms with Crippen LogP contribution < -0.4 is 10.1 Å². The van der Waals surface area contributed by atoms with Crippen LogP contribution in [0.25, 0.3) is 0 Å². The van der Waals surface area contributed by atoms with Gasteiger partial charge in [-0.15, -0.1) is 0 Å². The molecule has 0 unspecified atom stereocenters. The maximum Gasteiger partial charge on any atom is 0.257 e. The number of carbonyl (C=O) groups excluding carboxylic acids is 1. The predicted molar refractivity (Wildman–Crippen MR) is 94.6 cm³/mol. The predicted octanol–water partition coefficient (Wildman–Crippen LogP) is 4.74. The topological polar surface area (TPSA) is 51.2 Å². The lowest BCUT2D eigenvalue weighted by Crippen LogP contribution is -2.12. The van der Waals surface area contributed by atoms with Crippen LogP contribution in [0, 0.1) is 13.8 Å². The number of hydrogen-bond donors (Lipinski definition) is 1. The summed E-state index contributed by atoms with van der Waals surface area (Å²) in [7, 11) is 0. The largest absolute Gasteiger partial charge is 0.455 e. The lowest BCUT2D eigenvalue weighted by molar-refractivity contribution is 0.102. The van der Waals surface area contributed by atoms with Gasteiger partial charge in [-0.2, -0.15) is 0 Å². The first-order valence-electron chi connectivity index (χ1n) is 7.69. The first-order chi connectivity index (χ1) is 11.6. The summed E-state index contributed by atoms with van der Waals surface area (Å²) in [6.07, 6.45) is 1.56. The Morgan fingerprint density at radius 3 is 2.42 bits per heavy atom. The molecule has 0 saturated carbocycles. The fourth-order valence-electron chi connectivity index (χ4n) is 2.19. The van der Waals surface area contributed by atoms with Crippen molar-refractivity contribution in [2.24, 2.45) is 0 Å². The summed E-state index contributed by atoms with van der Waals surface area (Å²) >= 11 is 0. The van der Waals surface area contributed by atoms with Gasteiger partial charge in [0.15, 0.2) is 5.75 Å². The molecule has 3 rings (SSSR count). The fourth-order valence-corrected chi connectivity index (χ4v) is 2.19. The molecular weight excluding hydrogens is 300 g/mol. The van der Waals surface area contributed by atoms with Gasteiger partial charge in [0.25, 0.3) is 5.91 Å². The van der Waals surface area contributed by atoms with E-state index in [4.69, 9.17) is 4.74 Å². The van der Waals surface area contributed by atoms with E-state index in [9.17, 15) is 4.79 Å². The maximum atomic E-state index is 12.4. The molecule has 0 fully saturated rings. The molecule has 1 N–H and O–H groups in total. The summed E-state index contributed by atoms with van der Waals surface area (Å²) in [4.78, 5) is 16.5. The van der Waals surface area contributed by atoms with Crippen molar-refractivity contribution < 1.29 is 9.53 Å². The summed E-state index contributed by atoms with van der Waals surface area (Å²) in [5, 5.41) is 2.87. The third-order valence-electron chi connectivity index (χ3n) is 3.56. The number of anilines is 1. The van der Waals surface area contributed by atoms with Gasteiger partial charge < -0.3 is 10.1 Å². The van der Waals surface area contributed by atoms with E-state index in [0.29, 0.717) is 17.0 Å². The van der Waals surface area contributed by atoms with Gasteiger partial charge in [-0.05, 0) is 50.2 Å². The van der Waals surface area contributed by atoms with Crippen molar-refractivity contribution >= 4 is 11.6 Å². The molecule has 24 heavy (non-hydrogen) atoms. The molecule has 0 aliphatic carbocycles. The molecule has 0 aliphatic rings. The zero-order valence-corrected chi connectivity index (χ0v) is 13.6. The van der Waals surface area contributed by atoms with E-state index in [1.54, 1.807) is 12.3 Å². The van der Waals surface area contributed by atoms with Crippen molar-refractivity contribution in [2.75, 3.05) is 5.32 Å². The number of rotatable bonds is 4. The number of hydrogen-bond acceptors (Lipinski definition) is 3. The van der Waals surface area contributed by atoms with Gasteiger partial charge in [0.1, 0.15) is 5.75 Å². The molecule has 4 heteroatoms. The fraction of sp³-hybridized carbons (Fsp3) is 0.100. The molecule has 0 atom stereocenters. The Kier molecular flexibility index (Phi) is 4.57. The molecule has 0 aliphatic heterocycles. The second kappa shape index (κ2) is 6.96. The van der Waals surface area contributed by atoms with E-state index in [2.05, 4.69) is 10.3 Å². The van der Waals surface area contributed by atoms with Gasteiger partial charge in [-0.3, -0.25) is 9.78 Å². The second-order valence-electron chi connectivity index (χ2n) is 5.55. The van der Waals surface area contributed by atoms with E-state index in [0.717, 1.165) is 17.0 Å². The van der Waals surface area contributed by atoms with Crippen molar-refractivity contribution in [3.05, 3.63) is 83.7 Å². The van der Waals surface area contributed by atoms with Crippen molar-refractivity contribution in [3.63, 3.8) is 0 Å². The summed E-state index contributed by atoms with van der Waals surface area (Å²) < 4.78 is 5.89. The number of ether oxygens (including phenoxy) is 1. The number of pyridine rings is 1. The molecule has 0 bridgehead atoms. The maximum absolute atomic E-state index is 12.4.